The Morgan fingerprint density at radius 3 is 2.79 bits per heavy atom. The molecule has 0 saturated carbocycles. The van der Waals surface area contributed by atoms with Crippen molar-refractivity contribution in [2.24, 2.45) is 5.73 Å². The van der Waals surface area contributed by atoms with E-state index in [1.807, 2.05) is 12.1 Å². The molecule has 29 heavy (non-hydrogen) atoms. The average molecular weight is 401 g/mol. The van der Waals surface area contributed by atoms with Gasteiger partial charge in [0.25, 0.3) is 5.91 Å². The lowest BCUT2D eigenvalue weighted by Gasteiger charge is -2.09. The van der Waals surface area contributed by atoms with E-state index in [0.717, 1.165) is 41.3 Å². The molecule has 3 N–H and O–H groups in total. The van der Waals surface area contributed by atoms with E-state index in [-0.39, 0.29) is 12.5 Å². The number of nitrogens with zero attached hydrogens (tertiary/aromatic N) is 3. The van der Waals surface area contributed by atoms with E-state index in [2.05, 4.69) is 14.9 Å². The second-order valence-corrected chi connectivity index (χ2v) is 6.61. The highest BCUT2D eigenvalue weighted by Gasteiger charge is 2.19. The second kappa shape index (κ2) is 8.50. The van der Waals surface area contributed by atoms with Gasteiger partial charge in [0.15, 0.2) is 23.1 Å². The highest BCUT2D eigenvalue weighted by Crippen LogP contribution is 2.36. The van der Waals surface area contributed by atoms with Crippen molar-refractivity contribution in [3.8, 4) is 11.5 Å². The maximum Gasteiger partial charge on any atom is 0.270 e. The summed E-state index contributed by atoms with van der Waals surface area (Å²) in [6.07, 6.45) is 2.58. The van der Waals surface area contributed by atoms with Gasteiger partial charge in [-0.05, 0) is 0 Å². The lowest BCUT2D eigenvalue weighted by molar-refractivity contribution is 0.0995. The summed E-state index contributed by atoms with van der Waals surface area (Å²) in [6.45, 7) is 2.92. The molecule has 0 radical (unpaired) electrons. The number of amides is 1. The molecule has 3 heterocycles. The first-order valence-electron chi connectivity index (χ1n) is 9.38. The smallest absolute Gasteiger partial charge is 0.270 e. The number of nitrogens with one attached hydrogen (secondary N) is 1. The Hall–Kier alpha value is -3.11. The predicted octanol–water partition coefficient (Wildman–Crippen LogP) is 0.873. The molecule has 0 fully saturated rings. The number of aromatic nitrogens is 3. The fraction of sp³-hybridized carbons (Fsp3) is 0.421. The van der Waals surface area contributed by atoms with Crippen LogP contribution in [-0.4, -0.2) is 54.0 Å². The summed E-state index contributed by atoms with van der Waals surface area (Å²) >= 11 is 0. The lowest BCUT2D eigenvalue weighted by Crippen LogP contribution is -2.22. The number of carbonyl (C=O) groups is 1. The number of hydrogen-bond donors (Lipinski definition) is 2. The zero-order chi connectivity index (χ0) is 20.2. The van der Waals surface area contributed by atoms with Crippen LogP contribution in [0.3, 0.4) is 0 Å². The fourth-order valence-corrected chi connectivity index (χ4v) is 3.25. The van der Waals surface area contributed by atoms with Gasteiger partial charge in [-0.25, -0.2) is 9.97 Å². The summed E-state index contributed by atoms with van der Waals surface area (Å²) in [7, 11) is 1.68. The molecule has 0 spiro atoms. The van der Waals surface area contributed by atoms with Gasteiger partial charge in [0.05, 0.1) is 17.6 Å². The normalized spacial score (nSPS) is 12.7. The largest absolute Gasteiger partial charge is 0.454 e. The summed E-state index contributed by atoms with van der Waals surface area (Å²) < 4.78 is 23.6. The second-order valence-electron chi connectivity index (χ2n) is 6.61. The van der Waals surface area contributed by atoms with Crippen LogP contribution >= 0.6 is 0 Å². The van der Waals surface area contributed by atoms with Crippen LogP contribution in [0.15, 0.2) is 22.8 Å². The number of fused-ring (bicyclic) bond motifs is 2. The Kier molecular flexibility index (Phi) is 5.63. The Bertz CT molecular complexity index is 1010. The number of rotatable bonds is 10. The van der Waals surface area contributed by atoms with Crippen molar-refractivity contribution in [1.29, 1.82) is 0 Å². The molecule has 10 heteroatoms. The van der Waals surface area contributed by atoms with Gasteiger partial charge in [0.1, 0.15) is 12.1 Å². The third-order valence-electron chi connectivity index (χ3n) is 4.69. The van der Waals surface area contributed by atoms with Crippen LogP contribution in [0.5, 0.6) is 11.5 Å². The van der Waals surface area contributed by atoms with E-state index in [0.29, 0.717) is 32.0 Å². The number of primary amides is 1. The first kappa shape index (κ1) is 19.2. The molecule has 0 unspecified atom stereocenters. The van der Waals surface area contributed by atoms with Crippen molar-refractivity contribution in [3.05, 3.63) is 35.8 Å². The molecule has 2 aromatic heterocycles. The van der Waals surface area contributed by atoms with E-state index in [9.17, 15) is 4.79 Å². The first-order chi connectivity index (χ1) is 14.2. The molecule has 4 rings (SSSR count). The molecule has 1 amide bonds. The third kappa shape index (κ3) is 4.17. The van der Waals surface area contributed by atoms with Gasteiger partial charge in [-0.2, -0.15) is 0 Å². The van der Waals surface area contributed by atoms with Crippen LogP contribution in [0.4, 0.5) is 0 Å². The van der Waals surface area contributed by atoms with Crippen LogP contribution in [0.1, 0.15) is 22.2 Å². The minimum absolute atomic E-state index is 0.145. The van der Waals surface area contributed by atoms with Crippen molar-refractivity contribution in [3.63, 3.8) is 0 Å². The van der Waals surface area contributed by atoms with Crippen molar-refractivity contribution >= 4 is 16.9 Å². The van der Waals surface area contributed by atoms with E-state index in [1.54, 1.807) is 7.11 Å². The van der Waals surface area contributed by atoms with E-state index in [1.165, 1.54) is 6.26 Å². The van der Waals surface area contributed by atoms with Crippen LogP contribution in [-0.2, 0) is 24.1 Å². The minimum Gasteiger partial charge on any atom is -0.454 e. The zero-order valence-electron chi connectivity index (χ0n) is 16.1. The third-order valence-corrected chi connectivity index (χ3v) is 4.69. The monoisotopic (exact) mass is 401 g/mol. The van der Waals surface area contributed by atoms with Gasteiger partial charge in [0, 0.05) is 51.7 Å². The SMILES string of the molecule is COCCn1c(CCNCCc2nc(C(N)=O)co2)nc2cc3c(cc21)OCO3. The van der Waals surface area contributed by atoms with Gasteiger partial charge in [0.2, 0.25) is 6.79 Å². The number of nitrogens with two attached hydrogens (primary N) is 1. The predicted molar refractivity (Wildman–Crippen MR) is 103 cm³/mol. The molecule has 154 valence electrons. The summed E-state index contributed by atoms with van der Waals surface area (Å²) in [5, 5.41) is 3.34. The zero-order valence-corrected chi connectivity index (χ0v) is 16.1. The molecular weight excluding hydrogens is 378 g/mol. The van der Waals surface area contributed by atoms with E-state index >= 15 is 0 Å². The van der Waals surface area contributed by atoms with Crippen molar-refractivity contribution < 1.29 is 23.4 Å². The van der Waals surface area contributed by atoms with Gasteiger partial charge in [-0.15, -0.1) is 0 Å². The average Bonchev–Trinajstić information content (AvgIpc) is 3.42. The van der Waals surface area contributed by atoms with Gasteiger partial charge >= 0.3 is 0 Å². The van der Waals surface area contributed by atoms with Gasteiger partial charge in [-0.3, -0.25) is 4.79 Å². The highest BCUT2D eigenvalue weighted by atomic mass is 16.7. The molecule has 0 bridgehead atoms. The van der Waals surface area contributed by atoms with Crippen molar-refractivity contribution in [1.82, 2.24) is 19.9 Å². The van der Waals surface area contributed by atoms with E-state index in [4.69, 9.17) is 29.3 Å². The van der Waals surface area contributed by atoms with Gasteiger partial charge in [-0.1, -0.05) is 0 Å². The Labute approximate surface area is 166 Å². The number of benzene rings is 1. The Balaban J connectivity index is 1.38. The molecule has 10 nitrogen and oxygen atoms in total. The summed E-state index contributed by atoms with van der Waals surface area (Å²) in [5.41, 5.74) is 7.19. The molecular formula is C19H23N5O5. The highest BCUT2D eigenvalue weighted by molar-refractivity contribution is 5.90. The number of hydrogen-bond acceptors (Lipinski definition) is 8. The van der Waals surface area contributed by atoms with E-state index < -0.39 is 5.91 Å². The van der Waals surface area contributed by atoms with Crippen LogP contribution < -0.4 is 20.5 Å². The Morgan fingerprint density at radius 1 is 1.24 bits per heavy atom. The van der Waals surface area contributed by atoms with Crippen molar-refractivity contribution in [2.75, 3.05) is 33.6 Å². The quantitative estimate of drug-likeness (QED) is 0.479. The fourth-order valence-electron chi connectivity index (χ4n) is 3.25. The number of carbonyl (C=O) groups excluding carboxylic acids is 1. The Morgan fingerprint density at radius 2 is 2.03 bits per heavy atom. The maximum absolute atomic E-state index is 11.0. The summed E-state index contributed by atoms with van der Waals surface area (Å²) in [4.78, 5) is 19.9. The molecule has 1 aliphatic rings. The molecule has 0 aliphatic carbocycles. The molecule has 1 aromatic carbocycles. The van der Waals surface area contributed by atoms with Crippen LogP contribution in [0.25, 0.3) is 11.0 Å². The molecule has 0 atom stereocenters. The molecule has 3 aromatic rings. The van der Waals surface area contributed by atoms with Crippen LogP contribution in [0, 0.1) is 0 Å². The summed E-state index contributed by atoms with van der Waals surface area (Å²) in [5.74, 6) is 2.31. The summed E-state index contributed by atoms with van der Waals surface area (Å²) in [6, 6.07) is 3.88. The first-order valence-corrected chi connectivity index (χ1v) is 9.38. The maximum atomic E-state index is 11.0. The number of imidazole rings is 1. The topological polar surface area (TPSA) is 127 Å². The molecule has 0 saturated heterocycles. The number of methoxy groups -OCH3 is 1. The standard InChI is InChI=1S/C19H23N5O5/c1-26-7-6-24-14-9-16-15(28-11-29-16)8-12(14)22-17(24)2-4-21-5-3-18-23-13(10-27-18)19(20)25/h8-10,21H,2-7,11H2,1H3,(H2,20,25). The number of oxazole rings is 1. The van der Waals surface area contributed by atoms with Crippen molar-refractivity contribution in [2.45, 2.75) is 19.4 Å². The molecule has 1 aliphatic heterocycles. The lowest BCUT2D eigenvalue weighted by atomic mass is 10.2. The number of ether oxygens (including phenoxy) is 3. The minimum atomic E-state index is -0.593. The van der Waals surface area contributed by atoms with Gasteiger partial charge < -0.3 is 34.2 Å². The van der Waals surface area contributed by atoms with Crippen LogP contribution in [0.2, 0.25) is 0 Å².